The number of rotatable bonds is 11. The second kappa shape index (κ2) is 10.0. The number of aliphatic carboxylic acids is 1. The van der Waals surface area contributed by atoms with E-state index in [9.17, 15) is 19.5 Å². The Bertz CT molecular complexity index is 482. The van der Waals surface area contributed by atoms with E-state index in [1.165, 1.54) is 4.90 Å². The summed E-state index contributed by atoms with van der Waals surface area (Å²) in [6.45, 7) is 0.388. The molecular formula is C17H28N2O5S. The molecule has 0 spiro atoms. The van der Waals surface area contributed by atoms with Crippen LogP contribution >= 0.6 is 11.8 Å². The lowest BCUT2D eigenvalue weighted by molar-refractivity contribution is -0.137. The monoisotopic (exact) mass is 372 g/mol. The van der Waals surface area contributed by atoms with Crippen LogP contribution in [0.2, 0.25) is 0 Å². The van der Waals surface area contributed by atoms with Crippen LogP contribution in [0.25, 0.3) is 0 Å². The molecule has 0 aromatic carbocycles. The molecule has 142 valence electrons. The van der Waals surface area contributed by atoms with Crippen LogP contribution in [0.4, 0.5) is 4.79 Å². The highest BCUT2D eigenvalue weighted by Gasteiger charge is 2.38. The number of carbonyl (C=O) groups is 3. The van der Waals surface area contributed by atoms with Gasteiger partial charge in [-0.3, -0.25) is 14.9 Å². The van der Waals surface area contributed by atoms with Crippen molar-refractivity contribution in [3.63, 3.8) is 0 Å². The summed E-state index contributed by atoms with van der Waals surface area (Å²) in [5.74, 6) is 0.521. The number of carboxylic acids is 1. The van der Waals surface area contributed by atoms with Gasteiger partial charge in [0.15, 0.2) is 0 Å². The topological polar surface area (TPSA) is 107 Å². The van der Waals surface area contributed by atoms with Crippen molar-refractivity contribution in [2.24, 2.45) is 5.92 Å². The predicted octanol–water partition coefficient (Wildman–Crippen LogP) is 1.84. The number of aliphatic hydroxyl groups excluding tert-OH is 1. The summed E-state index contributed by atoms with van der Waals surface area (Å²) in [7, 11) is 0. The van der Waals surface area contributed by atoms with Gasteiger partial charge in [-0.1, -0.05) is 12.8 Å². The number of unbranched alkanes of at least 4 members (excludes halogenated alkanes) is 1. The van der Waals surface area contributed by atoms with E-state index in [4.69, 9.17) is 5.11 Å². The number of amides is 3. The molecule has 2 rings (SSSR count). The molecule has 25 heavy (non-hydrogen) atoms. The van der Waals surface area contributed by atoms with E-state index in [1.807, 2.05) is 0 Å². The average molecular weight is 372 g/mol. The van der Waals surface area contributed by atoms with Crippen LogP contribution in [0.5, 0.6) is 0 Å². The normalized spacial score (nSPS) is 22.4. The third-order valence-electron chi connectivity index (χ3n) is 4.98. The highest BCUT2D eigenvalue weighted by molar-refractivity contribution is 7.99. The van der Waals surface area contributed by atoms with Gasteiger partial charge in [-0.05, 0) is 43.8 Å². The van der Waals surface area contributed by atoms with Crippen molar-refractivity contribution in [2.45, 2.75) is 63.5 Å². The van der Waals surface area contributed by atoms with Crippen molar-refractivity contribution in [1.29, 1.82) is 0 Å². The van der Waals surface area contributed by atoms with Crippen molar-refractivity contribution in [3.8, 4) is 0 Å². The summed E-state index contributed by atoms with van der Waals surface area (Å²) in [6, 6.07) is -0.868. The van der Waals surface area contributed by atoms with Gasteiger partial charge in [0.05, 0.1) is 6.10 Å². The van der Waals surface area contributed by atoms with Gasteiger partial charge in [0, 0.05) is 18.7 Å². The standard InChI is InChI=1S/C17H28N2O5S/c20-14(12-5-1-2-6-12)8-9-19-13(16(23)18-17(19)24)11-25-10-4-3-7-15(21)22/h12-14,20H,1-11H2,(H,21,22)(H,18,23,24). The van der Waals surface area contributed by atoms with Crippen molar-refractivity contribution in [2.75, 3.05) is 18.1 Å². The Morgan fingerprint density at radius 3 is 2.68 bits per heavy atom. The lowest BCUT2D eigenvalue weighted by atomic mass is 9.98. The Morgan fingerprint density at radius 2 is 2.00 bits per heavy atom. The summed E-state index contributed by atoms with van der Waals surface area (Å²) in [6.07, 6.45) is 6.06. The summed E-state index contributed by atoms with van der Waals surface area (Å²) < 4.78 is 0. The maximum Gasteiger partial charge on any atom is 0.324 e. The summed E-state index contributed by atoms with van der Waals surface area (Å²) in [5, 5.41) is 21.2. The first-order valence-electron chi connectivity index (χ1n) is 9.08. The highest BCUT2D eigenvalue weighted by atomic mass is 32.2. The number of hydrogen-bond donors (Lipinski definition) is 3. The molecule has 1 saturated carbocycles. The Balaban J connectivity index is 1.72. The number of nitrogens with one attached hydrogen (secondary N) is 1. The second-order valence-electron chi connectivity index (χ2n) is 6.83. The molecular weight excluding hydrogens is 344 g/mol. The summed E-state index contributed by atoms with van der Waals surface area (Å²) in [4.78, 5) is 35.9. The smallest absolute Gasteiger partial charge is 0.324 e. The van der Waals surface area contributed by atoms with E-state index >= 15 is 0 Å². The Hall–Kier alpha value is -1.28. The van der Waals surface area contributed by atoms with Gasteiger partial charge < -0.3 is 15.1 Å². The van der Waals surface area contributed by atoms with Gasteiger partial charge in [0.1, 0.15) is 6.04 Å². The Morgan fingerprint density at radius 1 is 1.28 bits per heavy atom. The lowest BCUT2D eigenvalue weighted by Gasteiger charge is -2.24. The molecule has 3 amide bonds. The zero-order chi connectivity index (χ0) is 18.2. The van der Waals surface area contributed by atoms with E-state index in [-0.39, 0.29) is 18.4 Å². The van der Waals surface area contributed by atoms with Gasteiger partial charge in [-0.15, -0.1) is 0 Å². The lowest BCUT2D eigenvalue weighted by Crippen LogP contribution is -2.39. The van der Waals surface area contributed by atoms with Gasteiger partial charge >= 0.3 is 12.0 Å². The molecule has 2 atom stereocenters. The molecule has 1 heterocycles. The minimum Gasteiger partial charge on any atom is -0.481 e. The maximum absolute atomic E-state index is 12.0. The quantitative estimate of drug-likeness (QED) is 0.377. The number of imide groups is 1. The van der Waals surface area contributed by atoms with E-state index in [1.54, 1.807) is 11.8 Å². The molecule has 1 aliphatic carbocycles. The zero-order valence-electron chi connectivity index (χ0n) is 14.5. The molecule has 2 unspecified atom stereocenters. The number of carboxylic acid groups (broad SMARTS) is 1. The molecule has 7 nitrogen and oxygen atoms in total. The highest BCUT2D eigenvalue weighted by Crippen LogP contribution is 2.29. The van der Waals surface area contributed by atoms with Crippen molar-refractivity contribution in [1.82, 2.24) is 10.2 Å². The van der Waals surface area contributed by atoms with E-state index in [2.05, 4.69) is 5.32 Å². The fourth-order valence-corrected chi connectivity index (χ4v) is 4.62. The van der Waals surface area contributed by atoms with Crippen molar-refractivity contribution >= 4 is 29.7 Å². The van der Waals surface area contributed by atoms with E-state index in [0.29, 0.717) is 31.1 Å². The van der Waals surface area contributed by atoms with E-state index in [0.717, 1.165) is 37.9 Å². The van der Waals surface area contributed by atoms with Gasteiger partial charge in [0.2, 0.25) is 0 Å². The number of carbonyl (C=O) groups excluding carboxylic acids is 2. The number of thioether (sulfide) groups is 1. The predicted molar refractivity (Wildman–Crippen MR) is 95.4 cm³/mol. The minimum atomic E-state index is -0.794. The molecule has 2 fully saturated rings. The number of urea groups is 1. The van der Waals surface area contributed by atoms with Gasteiger partial charge in [0.25, 0.3) is 5.91 Å². The van der Waals surface area contributed by atoms with Gasteiger partial charge in [-0.2, -0.15) is 11.8 Å². The van der Waals surface area contributed by atoms with Crippen molar-refractivity contribution < 1.29 is 24.6 Å². The average Bonchev–Trinajstić information content (AvgIpc) is 3.17. The number of hydrogen-bond acceptors (Lipinski definition) is 5. The molecule has 2 aliphatic rings. The van der Waals surface area contributed by atoms with Crippen LogP contribution in [-0.4, -0.2) is 63.2 Å². The SMILES string of the molecule is O=C(O)CCCCSCC1C(=O)NC(=O)N1CCC(O)C1CCCC1. The number of aliphatic hydroxyl groups is 1. The second-order valence-corrected chi connectivity index (χ2v) is 7.98. The fraction of sp³-hybridized carbons (Fsp3) is 0.824. The molecule has 0 aromatic rings. The Kier molecular flexibility index (Phi) is 8.02. The first kappa shape index (κ1) is 20.0. The first-order chi connectivity index (χ1) is 12.0. The Labute approximate surface area is 152 Å². The molecule has 8 heteroatoms. The van der Waals surface area contributed by atoms with Crippen molar-refractivity contribution in [3.05, 3.63) is 0 Å². The number of nitrogens with zero attached hydrogens (tertiary/aromatic N) is 1. The molecule has 0 aromatic heterocycles. The molecule has 0 radical (unpaired) electrons. The van der Waals surface area contributed by atoms with Crippen LogP contribution in [0, 0.1) is 5.92 Å². The fourth-order valence-electron chi connectivity index (χ4n) is 3.49. The van der Waals surface area contributed by atoms with Crippen LogP contribution in [0.3, 0.4) is 0 Å². The summed E-state index contributed by atoms with van der Waals surface area (Å²) >= 11 is 1.56. The zero-order valence-corrected chi connectivity index (χ0v) is 15.3. The minimum absolute atomic E-state index is 0.161. The van der Waals surface area contributed by atoms with E-state index < -0.39 is 18.1 Å². The van der Waals surface area contributed by atoms with Crippen LogP contribution in [0.1, 0.15) is 51.4 Å². The van der Waals surface area contributed by atoms with Crippen LogP contribution < -0.4 is 5.32 Å². The third-order valence-corrected chi connectivity index (χ3v) is 6.11. The van der Waals surface area contributed by atoms with Crippen LogP contribution in [-0.2, 0) is 9.59 Å². The van der Waals surface area contributed by atoms with Crippen LogP contribution in [0.15, 0.2) is 0 Å². The molecule has 3 N–H and O–H groups in total. The third kappa shape index (κ3) is 6.18. The largest absolute Gasteiger partial charge is 0.481 e. The molecule has 1 saturated heterocycles. The molecule has 1 aliphatic heterocycles. The maximum atomic E-state index is 12.0. The summed E-state index contributed by atoms with van der Waals surface area (Å²) in [5.41, 5.74) is 0. The van der Waals surface area contributed by atoms with Gasteiger partial charge in [-0.25, -0.2) is 4.79 Å². The first-order valence-corrected chi connectivity index (χ1v) is 10.2. The molecule has 0 bridgehead atoms.